The van der Waals surface area contributed by atoms with Crippen molar-refractivity contribution in [1.82, 2.24) is 15.2 Å². The number of rotatable bonds is 9. The van der Waals surface area contributed by atoms with Crippen molar-refractivity contribution in [2.24, 2.45) is 0 Å². The monoisotopic (exact) mass is 511 g/mol. The van der Waals surface area contributed by atoms with Crippen molar-refractivity contribution in [3.8, 4) is 5.75 Å². The van der Waals surface area contributed by atoms with Crippen LogP contribution in [-0.2, 0) is 5.75 Å². The summed E-state index contributed by atoms with van der Waals surface area (Å²) in [5.74, 6) is 1.72. The SMILES string of the molecule is COc1ccc(C(=O)N2CCC(c3nc(C)ccc3C(=O)NCCSCc3ccco3)CC2)cc1F. The summed E-state index contributed by atoms with van der Waals surface area (Å²) < 4.78 is 24.3. The number of nitrogens with zero attached hydrogens (tertiary/aromatic N) is 2. The van der Waals surface area contributed by atoms with Crippen molar-refractivity contribution in [3.63, 3.8) is 0 Å². The predicted molar refractivity (Wildman–Crippen MR) is 137 cm³/mol. The van der Waals surface area contributed by atoms with Gasteiger partial charge in [0.25, 0.3) is 11.8 Å². The molecule has 9 heteroatoms. The topological polar surface area (TPSA) is 84.7 Å². The summed E-state index contributed by atoms with van der Waals surface area (Å²) in [4.78, 5) is 32.3. The van der Waals surface area contributed by atoms with Gasteiger partial charge in [0.1, 0.15) is 5.76 Å². The van der Waals surface area contributed by atoms with Gasteiger partial charge in [-0.2, -0.15) is 11.8 Å². The van der Waals surface area contributed by atoms with Crippen molar-refractivity contribution in [1.29, 1.82) is 0 Å². The number of hydrogen-bond acceptors (Lipinski definition) is 6. The summed E-state index contributed by atoms with van der Waals surface area (Å²) in [6, 6.07) is 11.7. The predicted octanol–water partition coefficient (Wildman–Crippen LogP) is 4.81. The van der Waals surface area contributed by atoms with E-state index < -0.39 is 5.82 Å². The highest BCUT2D eigenvalue weighted by atomic mass is 32.2. The van der Waals surface area contributed by atoms with Gasteiger partial charge in [-0.15, -0.1) is 0 Å². The summed E-state index contributed by atoms with van der Waals surface area (Å²) in [6.45, 7) is 3.48. The first-order valence-electron chi connectivity index (χ1n) is 11.9. The highest BCUT2D eigenvalue weighted by molar-refractivity contribution is 7.98. The van der Waals surface area contributed by atoms with Crippen molar-refractivity contribution in [2.75, 3.05) is 32.5 Å². The quantitative estimate of drug-likeness (QED) is 0.415. The maximum atomic E-state index is 14.1. The second kappa shape index (κ2) is 12.1. The van der Waals surface area contributed by atoms with Crippen molar-refractivity contribution in [3.05, 3.63) is 82.8 Å². The molecule has 0 atom stereocenters. The van der Waals surface area contributed by atoms with E-state index in [-0.39, 0.29) is 23.5 Å². The summed E-state index contributed by atoms with van der Waals surface area (Å²) in [6.07, 6.45) is 3.02. The van der Waals surface area contributed by atoms with Crippen LogP contribution in [0.2, 0.25) is 0 Å². The van der Waals surface area contributed by atoms with Crippen LogP contribution >= 0.6 is 11.8 Å². The summed E-state index contributed by atoms with van der Waals surface area (Å²) in [5, 5.41) is 3.00. The molecule has 0 saturated carbocycles. The lowest BCUT2D eigenvalue weighted by molar-refractivity contribution is 0.0710. The van der Waals surface area contributed by atoms with Gasteiger partial charge in [-0.05, 0) is 62.2 Å². The summed E-state index contributed by atoms with van der Waals surface area (Å²) >= 11 is 1.69. The molecule has 2 amide bonds. The average molecular weight is 512 g/mol. The summed E-state index contributed by atoms with van der Waals surface area (Å²) in [7, 11) is 1.39. The maximum Gasteiger partial charge on any atom is 0.253 e. The molecule has 1 aliphatic rings. The van der Waals surface area contributed by atoms with Crippen LogP contribution < -0.4 is 10.1 Å². The zero-order valence-corrected chi connectivity index (χ0v) is 21.3. The average Bonchev–Trinajstić information content (AvgIpc) is 3.41. The molecule has 1 fully saturated rings. The molecule has 0 unspecified atom stereocenters. The van der Waals surface area contributed by atoms with Crippen molar-refractivity contribution >= 4 is 23.6 Å². The number of carbonyl (C=O) groups excluding carboxylic acids is 2. The van der Waals surface area contributed by atoms with Crippen LogP contribution in [0, 0.1) is 12.7 Å². The van der Waals surface area contributed by atoms with E-state index in [4.69, 9.17) is 14.1 Å². The smallest absolute Gasteiger partial charge is 0.253 e. The van der Waals surface area contributed by atoms with E-state index in [1.54, 1.807) is 29.0 Å². The van der Waals surface area contributed by atoms with Crippen LogP contribution in [0.3, 0.4) is 0 Å². The van der Waals surface area contributed by atoms with Gasteiger partial charge < -0.3 is 19.4 Å². The number of nitrogens with one attached hydrogen (secondary N) is 1. The Morgan fingerprint density at radius 1 is 1.22 bits per heavy atom. The van der Waals surface area contributed by atoms with Gasteiger partial charge in [0, 0.05) is 42.6 Å². The van der Waals surface area contributed by atoms with Gasteiger partial charge in [-0.3, -0.25) is 14.6 Å². The number of amides is 2. The normalized spacial score (nSPS) is 14.0. The fraction of sp³-hybridized carbons (Fsp3) is 0.370. The van der Waals surface area contributed by atoms with Gasteiger partial charge in [-0.1, -0.05) is 0 Å². The second-order valence-corrected chi connectivity index (χ2v) is 9.79. The van der Waals surface area contributed by atoms with Crippen LogP contribution in [0.5, 0.6) is 5.75 Å². The van der Waals surface area contributed by atoms with Crippen LogP contribution in [0.4, 0.5) is 4.39 Å². The van der Waals surface area contributed by atoms with Crippen LogP contribution in [-0.4, -0.2) is 54.2 Å². The number of methoxy groups -OCH3 is 1. The molecular weight excluding hydrogens is 481 g/mol. The molecule has 3 aromatic rings. The number of carbonyl (C=O) groups is 2. The summed E-state index contributed by atoms with van der Waals surface area (Å²) in [5.41, 5.74) is 2.50. The number of piperidine rings is 1. The van der Waals surface area contributed by atoms with Crippen LogP contribution in [0.1, 0.15) is 56.6 Å². The Bertz CT molecular complexity index is 1190. The van der Waals surface area contributed by atoms with Gasteiger partial charge in [-0.25, -0.2) is 4.39 Å². The van der Waals surface area contributed by atoms with Crippen LogP contribution in [0.25, 0.3) is 0 Å². The Hall–Kier alpha value is -3.33. The minimum atomic E-state index is -0.558. The minimum Gasteiger partial charge on any atom is -0.494 e. The number of furan rings is 1. The van der Waals surface area contributed by atoms with Gasteiger partial charge in [0.05, 0.1) is 30.4 Å². The first kappa shape index (κ1) is 25.8. The lowest BCUT2D eigenvalue weighted by Gasteiger charge is -2.32. The Morgan fingerprint density at radius 2 is 2.03 bits per heavy atom. The standard InChI is InChI=1S/C27H30FN3O4S/c1-18-5-7-22(26(32)29-11-15-36-17-21-4-3-14-35-21)25(30-18)19-9-12-31(13-10-19)27(33)20-6-8-24(34-2)23(28)16-20/h3-8,14,16,19H,9-13,15,17H2,1-2H3,(H,29,32). The fourth-order valence-electron chi connectivity index (χ4n) is 4.32. The molecule has 4 rings (SSSR count). The molecule has 1 saturated heterocycles. The van der Waals surface area contributed by atoms with Crippen molar-refractivity contribution < 1.29 is 23.1 Å². The van der Waals surface area contributed by atoms with E-state index in [0.717, 1.165) is 28.7 Å². The molecule has 190 valence electrons. The van der Waals surface area contributed by atoms with Gasteiger partial charge in [0.2, 0.25) is 0 Å². The van der Waals surface area contributed by atoms with E-state index in [2.05, 4.69) is 5.32 Å². The third-order valence-corrected chi connectivity index (χ3v) is 7.21. The second-order valence-electron chi connectivity index (χ2n) is 8.69. The van der Waals surface area contributed by atoms with E-state index in [9.17, 15) is 14.0 Å². The van der Waals surface area contributed by atoms with E-state index in [1.165, 1.54) is 19.2 Å². The Morgan fingerprint density at radius 3 is 2.72 bits per heavy atom. The number of hydrogen-bond donors (Lipinski definition) is 1. The Labute approximate surface area is 214 Å². The third kappa shape index (κ3) is 6.26. The Kier molecular flexibility index (Phi) is 8.64. The lowest BCUT2D eigenvalue weighted by atomic mass is 9.89. The molecule has 1 aliphatic heterocycles. The Balaban J connectivity index is 1.34. The zero-order valence-electron chi connectivity index (χ0n) is 20.5. The number of aryl methyl sites for hydroxylation is 1. The van der Waals surface area contributed by atoms with E-state index in [1.807, 2.05) is 31.2 Å². The van der Waals surface area contributed by atoms with Gasteiger partial charge >= 0.3 is 0 Å². The van der Waals surface area contributed by atoms with E-state index in [0.29, 0.717) is 43.6 Å². The number of pyridine rings is 1. The molecular formula is C27H30FN3O4S. The molecule has 2 aromatic heterocycles. The van der Waals surface area contributed by atoms with Gasteiger partial charge in [0.15, 0.2) is 11.6 Å². The van der Waals surface area contributed by atoms with E-state index >= 15 is 0 Å². The molecule has 7 nitrogen and oxygen atoms in total. The number of aromatic nitrogens is 1. The molecule has 1 aromatic carbocycles. The highest BCUT2D eigenvalue weighted by Gasteiger charge is 2.28. The molecule has 1 N–H and O–H groups in total. The first-order chi connectivity index (χ1) is 17.5. The lowest BCUT2D eigenvalue weighted by Crippen LogP contribution is -2.38. The largest absolute Gasteiger partial charge is 0.494 e. The number of benzene rings is 1. The molecule has 36 heavy (non-hydrogen) atoms. The number of ether oxygens (including phenoxy) is 1. The number of thioether (sulfide) groups is 1. The first-order valence-corrected chi connectivity index (χ1v) is 13.1. The zero-order chi connectivity index (χ0) is 25.5. The molecule has 0 bridgehead atoms. The molecule has 3 heterocycles. The molecule has 0 radical (unpaired) electrons. The highest BCUT2D eigenvalue weighted by Crippen LogP contribution is 2.30. The van der Waals surface area contributed by atoms with Crippen LogP contribution in [0.15, 0.2) is 53.1 Å². The maximum absolute atomic E-state index is 14.1. The number of halogens is 1. The fourth-order valence-corrected chi connectivity index (χ4v) is 5.07. The minimum absolute atomic E-state index is 0.0654. The van der Waals surface area contributed by atoms with Crippen molar-refractivity contribution in [2.45, 2.75) is 31.4 Å². The third-order valence-electron chi connectivity index (χ3n) is 6.23. The molecule has 0 aliphatic carbocycles. The number of likely N-dealkylation sites (tertiary alicyclic amines) is 1. The molecule has 0 spiro atoms.